The summed E-state index contributed by atoms with van der Waals surface area (Å²) in [6.07, 6.45) is -0.425. The number of ether oxygens (including phenoxy) is 1. The molecule has 0 radical (unpaired) electrons. The van der Waals surface area contributed by atoms with Crippen molar-refractivity contribution in [3.8, 4) is 0 Å². The number of amides is 1. The molecule has 1 aliphatic rings. The van der Waals surface area contributed by atoms with Gasteiger partial charge >= 0.3 is 6.18 Å². The molecule has 3 heterocycles. The van der Waals surface area contributed by atoms with Crippen molar-refractivity contribution >= 4 is 27.9 Å². The van der Waals surface area contributed by atoms with Crippen LogP contribution in [0.2, 0.25) is 0 Å². The molecule has 1 aliphatic heterocycles. The van der Waals surface area contributed by atoms with Crippen molar-refractivity contribution in [2.24, 2.45) is 0 Å². The highest BCUT2D eigenvalue weighted by Gasteiger charge is 2.32. The third-order valence-corrected chi connectivity index (χ3v) is 5.61. The summed E-state index contributed by atoms with van der Waals surface area (Å²) >= 11 is 0. The molecule has 1 saturated heterocycles. The number of morpholine rings is 1. The Kier molecular flexibility index (Phi) is 5.77. The van der Waals surface area contributed by atoms with Crippen molar-refractivity contribution in [1.29, 1.82) is 0 Å². The van der Waals surface area contributed by atoms with Crippen LogP contribution < -0.4 is 0 Å². The van der Waals surface area contributed by atoms with Crippen molar-refractivity contribution < 1.29 is 27.1 Å². The van der Waals surface area contributed by atoms with Gasteiger partial charge in [0.1, 0.15) is 0 Å². The maximum atomic E-state index is 13.3. The maximum Gasteiger partial charge on any atom is 0.416 e. The number of halogens is 3. The summed E-state index contributed by atoms with van der Waals surface area (Å²) in [4.78, 5) is 14.5. The highest BCUT2D eigenvalue weighted by atomic mass is 19.4. The zero-order valence-electron chi connectivity index (χ0n) is 16.9. The minimum absolute atomic E-state index is 0.214. The number of alkyl halides is 3. The van der Waals surface area contributed by atoms with E-state index in [4.69, 9.17) is 9.15 Å². The molecule has 3 aromatic rings. The number of aromatic nitrogens is 1. The van der Waals surface area contributed by atoms with Gasteiger partial charge in [-0.2, -0.15) is 13.2 Å². The molecule has 30 heavy (non-hydrogen) atoms. The fourth-order valence-electron chi connectivity index (χ4n) is 3.99. The SMILES string of the molecule is CCCCCCn1c2cc(C(F)(F)F)ccc2c2oc(C(=O)N3CCOCC3)cc21. The topological polar surface area (TPSA) is 47.6 Å². The third kappa shape index (κ3) is 3.93. The highest BCUT2D eigenvalue weighted by Crippen LogP contribution is 2.37. The van der Waals surface area contributed by atoms with Gasteiger partial charge in [0.15, 0.2) is 11.3 Å². The lowest BCUT2D eigenvalue weighted by atomic mass is 10.1. The normalized spacial score (nSPS) is 15.4. The molecule has 0 aliphatic carbocycles. The number of hydrogen-bond donors (Lipinski definition) is 0. The molecule has 1 amide bonds. The van der Waals surface area contributed by atoms with Gasteiger partial charge in [0.05, 0.1) is 29.8 Å². The summed E-state index contributed by atoms with van der Waals surface area (Å²) in [7, 11) is 0. The molecular formula is C22H25F3N2O3. The van der Waals surface area contributed by atoms with Crippen LogP contribution >= 0.6 is 0 Å². The zero-order chi connectivity index (χ0) is 21.3. The first-order valence-corrected chi connectivity index (χ1v) is 10.4. The van der Waals surface area contributed by atoms with Crippen molar-refractivity contribution in [2.75, 3.05) is 26.3 Å². The van der Waals surface area contributed by atoms with Crippen molar-refractivity contribution in [3.63, 3.8) is 0 Å². The minimum atomic E-state index is -4.41. The van der Waals surface area contributed by atoms with Gasteiger partial charge in [-0.1, -0.05) is 26.2 Å². The number of fused-ring (bicyclic) bond motifs is 3. The van der Waals surface area contributed by atoms with E-state index in [0.717, 1.165) is 31.7 Å². The van der Waals surface area contributed by atoms with Crippen LogP contribution in [0.15, 0.2) is 28.7 Å². The number of hydrogen-bond acceptors (Lipinski definition) is 3. The molecule has 8 heteroatoms. The summed E-state index contributed by atoms with van der Waals surface area (Å²) in [6, 6.07) is 5.35. The van der Waals surface area contributed by atoms with E-state index in [1.807, 2.05) is 4.57 Å². The summed E-state index contributed by atoms with van der Waals surface area (Å²) in [5.41, 5.74) is 0.929. The van der Waals surface area contributed by atoms with Gasteiger partial charge in [-0.05, 0) is 24.6 Å². The van der Waals surface area contributed by atoms with E-state index < -0.39 is 11.7 Å². The van der Waals surface area contributed by atoms with E-state index in [-0.39, 0.29) is 11.7 Å². The van der Waals surface area contributed by atoms with Crippen molar-refractivity contribution in [3.05, 3.63) is 35.6 Å². The van der Waals surface area contributed by atoms with Gasteiger partial charge in [-0.3, -0.25) is 4.79 Å². The molecule has 1 fully saturated rings. The van der Waals surface area contributed by atoms with Crippen LogP contribution in [-0.4, -0.2) is 41.7 Å². The standard InChI is InChI=1S/C22H25F3N2O3/c1-2-3-4-5-8-27-17-13-15(22(23,24)25)6-7-16(17)20-18(27)14-19(30-20)21(28)26-9-11-29-12-10-26/h6-7,13-14H,2-5,8-12H2,1H3. The first-order chi connectivity index (χ1) is 14.4. The average molecular weight is 422 g/mol. The third-order valence-electron chi connectivity index (χ3n) is 5.61. The van der Waals surface area contributed by atoms with Crippen LogP contribution in [0.1, 0.15) is 48.7 Å². The molecule has 0 unspecified atom stereocenters. The molecule has 1 aromatic carbocycles. The highest BCUT2D eigenvalue weighted by molar-refractivity contribution is 6.07. The molecule has 5 nitrogen and oxygen atoms in total. The van der Waals surface area contributed by atoms with Crippen LogP contribution in [0.25, 0.3) is 22.0 Å². The van der Waals surface area contributed by atoms with E-state index in [0.29, 0.717) is 54.9 Å². The largest absolute Gasteiger partial charge is 0.449 e. The summed E-state index contributed by atoms with van der Waals surface area (Å²) in [5, 5.41) is 0.592. The van der Waals surface area contributed by atoms with Gasteiger partial charge in [-0.15, -0.1) is 0 Å². The number of furan rings is 1. The lowest BCUT2D eigenvalue weighted by Gasteiger charge is -2.25. The number of benzene rings is 1. The second-order valence-electron chi connectivity index (χ2n) is 7.67. The zero-order valence-corrected chi connectivity index (χ0v) is 16.9. The number of rotatable bonds is 6. The minimum Gasteiger partial charge on any atom is -0.449 e. The van der Waals surface area contributed by atoms with Gasteiger partial charge in [0.25, 0.3) is 5.91 Å². The molecule has 4 rings (SSSR count). The first-order valence-electron chi connectivity index (χ1n) is 10.4. The molecule has 0 atom stereocenters. The van der Waals surface area contributed by atoms with E-state index in [1.54, 1.807) is 11.0 Å². The summed E-state index contributed by atoms with van der Waals surface area (Å²) < 4.78 is 52.8. The Morgan fingerprint density at radius 1 is 1.07 bits per heavy atom. The number of nitrogens with zero attached hydrogens (tertiary/aromatic N) is 2. The van der Waals surface area contributed by atoms with Crippen LogP contribution in [0.4, 0.5) is 13.2 Å². The Bertz CT molecular complexity index is 1050. The molecule has 0 bridgehead atoms. The van der Waals surface area contributed by atoms with Gasteiger partial charge in [0, 0.05) is 31.1 Å². The van der Waals surface area contributed by atoms with Gasteiger partial charge in [0.2, 0.25) is 0 Å². The number of unbranched alkanes of at least 4 members (excludes halogenated alkanes) is 3. The Labute approximate surface area is 172 Å². The van der Waals surface area contributed by atoms with Crippen molar-refractivity contribution in [2.45, 2.75) is 45.3 Å². The smallest absolute Gasteiger partial charge is 0.416 e. The van der Waals surface area contributed by atoms with E-state index in [1.165, 1.54) is 12.1 Å². The van der Waals surface area contributed by atoms with E-state index in [2.05, 4.69) is 6.92 Å². The fraction of sp³-hybridized carbons (Fsp3) is 0.500. The molecule has 2 aromatic heterocycles. The van der Waals surface area contributed by atoms with Crippen LogP contribution in [0.3, 0.4) is 0 Å². The Hall–Kier alpha value is -2.48. The Balaban J connectivity index is 1.76. The molecule has 0 saturated carbocycles. The second kappa shape index (κ2) is 8.34. The molecular weight excluding hydrogens is 397 g/mol. The number of carbonyl (C=O) groups is 1. The summed E-state index contributed by atoms with van der Waals surface area (Å²) in [6.45, 7) is 4.65. The van der Waals surface area contributed by atoms with Crippen LogP contribution in [-0.2, 0) is 17.5 Å². The monoisotopic (exact) mass is 422 g/mol. The fourth-order valence-corrected chi connectivity index (χ4v) is 3.99. The summed E-state index contributed by atoms with van der Waals surface area (Å²) in [5.74, 6) is -0.00176. The van der Waals surface area contributed by atoms with Crippen molar-refractivity contribution in [1.82, 2.24) is 9.47 Å². The molecule has 0 N–H and O–H groups in total. The predicted octanol–water partition coefficient (Wildman–Crippen LogP) is 5.46. The lowest BCUT2D eigenvalue weighted by molar-refractivity contribution is -0.137. The van der Waals surface area contributed by atoms with Gasteiger partial charge < -0.3 is 18.6 Å². The van der Waals surface area contributed by atoms with E-state index in [9.17, 15) is 18.0 Å². The quantitative estimate of drug-likeness (QED) is 0.496. The number of aryl methyl sites for hydroxylation is 1. The molecule has 162 valence electrons. The molecule has 0 spiro atoms. The maximum absolute atomic E-state index is 13.3. The first kappa shape index (κ1) is 20.8. The Morgan fingerprint density at radius 3 is 2.53 bits per heavy atom. The van der Waals surface area contributed by atoms with E-state index >= 15 is 0 Å². The predicted molar refractivity (Wildman–Crippen MR) is 108 cm³/mol. The second-order valence-corrected chi connectivity index (χ2v) is 7.67. The Morgan fingerprint density at radius 2 is 1.83 bits per heavy atom. The van der Waals surface area contributed by atoms with Crippen LogP contribution in [0, 0.1) is 0 Å². The lowest BCUT2D eigenvalue weighted by Crippen LogP contribution is -2.40. The van der Waals surface area contributed by atoms with Gasteiger partial charge in [-0.25, -0.2) is 0 Å². The average Bonchev–Trinajstić information content (AvgIpc) is 3.28. The number of carbonyl (C=O) groups excluding carboxylic acids is 1. The van der Waals surface area contributed by atoms with Crippen LogP contribution in [0.5, 0.6) is 0 Å².